The highest BCUT2D eigenvalue weighted by molar-refractivity contribution is 5.40. The number of nitrogens with one attached hydrogen (secondary N) is 1. The fourth-order valence-electron chi connectivity index (χ4n) is 3.13. The molecule has 0 radical (unpaired) electrons. The van der Waals surface area contributed by atoms with E-state index in [1.165, 1.54) is 31.4 Å². The lowest BCUT2D eigenvalue weighted by Gasteiger charge is -2.22. The molecule has 2 fully saturated rings. The van der Waals surface area contributed by atoms with Crippen LogP contribution in [0.4, 0.5) is 5.69 Å². The van der Waals surface area contributed by atoms with E-state index in [-0.39, 0.29) is 0 Å². The summed E-state index contributed by atoms with van der Waals surface area (Å²) in [6, 6.07) is 0.720. The van der Waals surface area contributed by atoms with E-state index in [1.54, 1.807) is 0 Å². The van der Waals surface area contributed by atoms with Crippen molar-refractivity contribution < 1.29 is 0 Å². The van der Waals surface area contributed by atoms with Crippen LogP contribution in [0, 0.1) is 11.8 Å². The van der Waals surface area contributed by atoms with Gasteiger partial charge in [-0.3, -0.25) is 4.68 Å². The smallest absolute Gasteiger partial charge is 0.0728 e. The predicted molar refractivity (Wildman–Crippen MR) is 56.1 cm³/mol. The molecule has 1 heterocycles. The maximum absolute atomic E-state index is 4.17. The zero-order valence-electron chi connectivity index (χ0n) is 8.61. The standard InChI is InChI=1S/C11H17N3/c1-14-7-10(6-12-14)13-11-5-8-2-3-9(11)4-8/h6-9,11,13H,2-5H2,1H3/t8-,9+,11-/m0/s1. The van der Waals surface area contributed by atoms with Crippen LogP contribution in [-0.2, 0) is 7.05 Å². The molecule has 0 aromatic carbocycles. The summed E-state index contributed by atoms with van der Waals surface area (Å²) in [7, 11) is 1.96. The van der Waals surface area contributed by atoms with Crippen LogP contribution in [0.5, 0.6) is 0 Å². The molecule has 0 unspecified atom stereocenters. The molecule has 1 N–H and O–H groups in total. The summed E-state index contributed by atoms with van der Waals surface area (Å²) < 4.78 is 1.86. The first-order valence-corrected chi connectivity index (χ1v) is 5.56. The first-order chi connectivity index (χ1) is 6.81. The molecule has 3 atom stereocenters. The fourth-order valence-corrected chi connectivity index (χ4v) is 3.13. The third-order valence-corrected chi connectivity index (χ3v) is 3.80. The molecular formula is C11H17N3. The molecular weight excluding hydrogens is 174 g/mol. The Morgan fingerprint density at radius 1 is 1.43 bits per heavy atom. The van der Waals surface area contributed by atoms with Crippen LogP contribution in [0.2, 0.25) is 0 Å². The van der Waals surface area contributed by atoms with Gasteiger partial charge in [-0.2, -0.15) is 5.10 Å². The van der Waals surface area contributed by atoms with E-state index in [1.807, 2.05) is 17.9 Å². The summed E-state index contributed by atoms with van der Waals surface area (Å²) in [6.45, 7) is 0. The molecule has 3 heteroatoms. The molecule has 3 nitrogen and oxygen atoms in total. The van der Waals surface area contributed by atoms with Crippen molar-refractivity contribution in [3.05, 3.63) is 12.4 Å². The van der Waals surface area contributed by atoms with Crippen LogP contribution in [0.15, 0.2) is 12.4 Å². The van der Waals surface area contributed by atoms with E-state index in [4.69, 9.17) is 0 Å². The average molecular weight is 191 g/mol. The zero-order chi connectivity index (χ0) is 9.54. The van der Waals surface area contributed by atoms with Gasteiger partial charge in [0.05, 0.1) is 11.9 Å². The largest absolute Gasteiger partial charge is 0.379 e. The number of hydrogen-bond donors (Lipinski definition) is 1. The van der Waals surface area contributed by atoms with Gasteiger partial charge in [-0.05, 0) is 31.1 Å². The minimum atomic E-state index is 0.720. The Kier molecular flexibility index (Phi) is 1.79. The Bertz CT molecular complexity index is 331. The molecule has 2 aliphatic rings. The van der Waals surface area contributed by atoms with Gasteiger partial charge in [0.15, 0.2) is 0 Å². The SMILES string of the molecule is Cn1cc(N[C@H]2C[C@H]3CC[C@@H]2C3)cn1. The van der Waals surface area contributed by atoms with E-state index < -0.39 is 0 Å². The van der Waals surface area contributed by atoms with E-state index in [0.29, 0.717) is 0 Å². The Labute approximate surface area is 84.5 Å². The lowest BCUT2D eigenvalue weighted by Crippen LogP contribution is -2.25. The highest BCUT2D eigenvalue weighted by atomic mass is 15.3. The molecule has 0 amide bonds. The van der Waals surface area contributed by atoms with Crippen LogP contribution < -0.4 is 5.32 Å². The lowest BCUT2D eigenvalue weighted by molar-refractivity contribution is 0.440. The Balaban J connectivity index is 1.68. The van der Waals surface area contributed by atoms with Gasteiger partial charge in [0.2, 0.25) is 0 Å². The number of anilines is 1. The second kappa shape index (κ2) is 3.01. The number of rotatable bonds is 2. The summed E-state index contributed by atoms with van der Waals surface area (Å²) >= 11 is 0. The summed E-state index contributed by atoms with van der Waals surface area (Å²) in [6.07, 6.45) is 9.72. The maximum Gasteiger partial charge on any atom is 0.0728 e. The second-order valence-electron chi connectivity index (χ2n) is 4.83. The van der Waals surface area contributed by atoms with Crippen molar-refractivity contribution in [3.8, 4) is 0 Å². The summed E-state index contributed by atoms with van der Waals surface area (Å²) in [4.78, 5) is 0. The van der Waals surface area contributed by atoms with Gasteiger partial charge in [-0.25, -0.2) is 0 Å². The third-order valence-electron chi connectivity index (χ3n) is 3.80. The van der Waals surface area contributed by atoms with Gasteiger partial charge in [0.25, 0.3) is 0 Å². The number of nitrogens with zero attached hydrogens (tertiary/aromatic N) is 2. The van der Waals surface area contributed by atoms with E-state index in [2.05, 4.69) is 16.6 Å². The van der Waals surface area contributed by atoms with Crippen molar-refractivity contribution in [2.45, 2.75) is 31.7 Å². The molecule has 2 bridgehead atoms. The quantitative estimate of drug-likeness (QED) is 0.775. The highest BCUT2D eigenvalue weighted by Crippen LogP contribution is 2.45. The van der Waals surface area contributed by atoms with E-state index in [9.17, 15) is 0 Å². The van der Waals surface area contributed by atoms with Gasteiger partial charge in [0.1, 0.15) is 0 Å². The molecule has 76 valence electrons. The molecule has 1 aromatic heterocycles. The molecule has 1 aromatic rings. The first-order valence-electron chi connectivity index (χ1n) is 5.56. The molecule has 0 aliphatic heterocycles. The van der Waals surface area contributed by atoms with Crippen LogP contribution in [-0.4, -0.2) is 15.8 Å². The highest BCUT2D eigenvalue weighted by Gasteiger charge is 2.39. The van der Waals surface area contributed by atoms with Gasteiger partial charge in [-0.15, -0.1) is 0 Å². The van der Waals surface area contributed by atoms with Crippen molar-refractivity contribution in [2.75, 3.05) is 5.32 Å². The van der Waals surface area contributed by atoms with Crippen LogP contribution in [0.1, 0.15) is 25.7 Å². The molecule has 2 aliphatic carbocycles. The fraction of sp³-hybridized carbons (Fsp3) is 0.727. The topological polar surface area (TPSA) is 29.9 Å². The lowest BCUT2D eigenvalue weighted by atomic mass is 9.95. The zero-order valence-corrected chi connectivity index (χ0v) is 8.61. The first kappa shape index (κ1) is 8.33. The number of fused-ring (bicyclic) bond motifs is 2. The Morgan fingerprint density at radius 2 is 2.36 bits per heavy atom. The number of aromatic nitrogens is 2. The van der Waals surface area contributed by atoms with Gasteiger partial charge in [-0.1, -0.05) is 6.42 Å². The van der Waals surface area contributed by atoms with Crippen molar-refractivity contribution >= 4 is 5.69 Å². The van der Waals surface area contributed by atoms with Crippen molar-refractivity contribution in [1.29, 1.82) is 0 Å². The molecule has 14 heavy (non-hydrogen) atoms. The second-order valence-corrected chi connectivity index (χ2v) is 4.83. The van der Waals surface area contributed by atoms with E-state index >= 15 is 0 Å². The van der Waals surface area contributed by atoms with E-state index in [0.717, 1.165) is 17.9 Å². The summed E-state index contributed by atoms with van der Waals surface area (Å²) in [5, 5.41) is 7.78. The Morgan fingerprint density at radius 3 is 2.93 bits per heavy atom. The monoisotopic (exact) mass is 191 g/mol. The molecule has 0 spiro atoms. The van der Waals surface area contributed by atoms with Crippen molar-refractivity contribution in [3.63, 3.8) is 0 Å². The third kappa shape index (κ3) is 1.31. The predicted octanol–water partition coefficient (Wildman–Crippen LogP) is 2.02. The minimum absolute atomic E-state index is 0.720. The van der Waals surface area contributed by atoms with Crippen LogP contribution in [0.3, 0.4) is 0 Å². The summed E-state index contributed by atoms with van der Waals surface area (Å²) in [5.74, 6) is 1.94. The average Bonchev–Trinajstić information content (AvgIpc) is 2.82. The number of aryl methyl sites for hydroxylation is 1. The van der Waals surface area contributed by atoms with Crippen LogP contribution >= 0.6 is 0 Å². The molecule has 0 saturated heterocycles. The van der Waals surface area contributed by atoms with Gasteiger partial charge in [0, 0.05) is 19.3 Å². The Hall–Kier alpha value is -0.990. The molecule has 2 saturated carbocycles. The van der Waals surface area contributed by atoms with Crippen LogP contribution in [0.25, 0.3) is 0 Å². The minimum Gasteiger partial charge on any atom is -0.379 e. The number of hydrogen-bond acceptors (Lipinski definition) is 2. The van der Waals surface area contributed by atoms with Gasteiger partial charge < -0.3 is 5.32 Å². The van der Waals surface area contributed by atoms with Gasteiger partial charge >= 0.3 is 0 Å². The van der Waals surface area contributed by atoms with Crippen molar-refractivity contribution in [1.82, 2.24) is 9.78 Å². The molecule has 3 rings (SSSR count). The maximum atomic E-state index is 4.17. The van der Waals surface area contributed by atoms with Crippen molar-refractivity contribution in [2.24, 2.45) is 18.9 Å². The normalized spacial score (nSPS) is 35.1. The summed E-state index contributed by atoms with van der Waals surface area (Å²) in [5.41, 5.74) is 1.19.